The van der Waals surface area contributed by atoms with Gasteiger partial charge in [0.2, 0.25) is 5.91 Å². The van der Waals surface area contributed by atoms with E-state index in [1.165, 1.54) is 0 Å². The van der Waals surface area contributed by atoms with Gasteiger partial charge in [-0.2, -0.15) is 5.26 Å². The molecule has 4 nitrogen and oxygen atoms in total. The van der Waals surface area contributed by atoms with Gasteiger partial charge in [0.15, 0.2) is 0 Å². The van der Waals surface area contributed by atoms with Gasteiger partial charge in [-0.25, -0.2) is 0 Å². The van der Waals surface area contributed by atoms with Gasteiger partial charge in [-0.3, -0.25) is 4.79 Å². The van der Waals surface area contributed by atoms with Crippen LogP contribution in [0, 0.1) is 11.3 Å². The topological polar surface area (TPSA) is 64.9 Å². The minimum atomic E-state index is -0.0882. The number of hydrogen-bond acceptors (Lipinski definition) is 3. The number of hydrogen-bond donors (Lipinski definition) is 2. The Morgan fingerprint density at radius 3 is 2.62 bits per heavy atom. The number of halogens is 1. The average Bonchev–Trinajstić information content (AvgIpc) is 2.49. The zero-order chi connectivity index (χ0) is 15.1. The van der Waals surface area contributed by atoms with Crippen LogP contribution in [-0.2, 0) is 4.79 Å². The van der Waals surface area contributed by atoms with Crippen molar-refractivity contribution in [3.8, 4) is 6.07 Å². The number of carbonyl (C=O) groups is 1. The van der Waals surface area contributed by atoms with E-state index in [0.717, 1.165) is 10.2 Å². The Hall–Kier alpha value is -2.32. The van der Waals surface area contributed by atoms with Crippen LogP contribution in [0.5, 0.6) is 0 Å². The highest BCUT2D eigenvalue weighted by Gasteiger charge is 2.03. The smallest absolute Gasteiger partial charge is 0.226 e. The highest BCUT2D eigenvalue weighted by Crippen LogP contribution is 2.14. The summed E-state index contributed by atoms with van der Waals surface area (Å²) < 4.78 is 1.02. The molecule has 0 atom stereocenters. The molecule has 0 aliphatic rings. The lowest BCUT2D eigenvalue weighted by Crippen LogP contribution is -2.16. The zero-order valence-corrected chi connectivity index (χ0v) is 12.9. The van der Waals surface area contributed by atoms with Crippen molar-refractivity contribution in [3.63, 3.8) is 0 Å². The second-order valence-electron chi connectivity index (χ2n) is 4.42. The predicted octanol–water partition coefficient (Wildman–Crippen LogP) is 3.76. The first kappa shape index (κ1) is 15.1. The third kappa shape index (κ3) is 4.93. The van der Waals surface area contributed by atoms with Crippen molar-refractivity contribution in [2.24, 2.45) is 0 Å². The number of rotatable bonds is 5. The molecule has 1 amide bonds. The van der Waals surface area contributed by atoms with Gasteiger partial charge >= 0.3 is 0 Å². The molecule has 106 valence electrons. The molecule has 0 fully saturated rings. The second kappa shape index (κ2) is 7.46. The summed E-state index contributed by atoms with van der Waals surface area (Å²) in [6, 6.07) is 16.7. The molecule has 21 heavy (non-hydrogen) atoms. The lowest BCUT2D eigenvalue weighted by atomic mass is 10.2. The van der Waals surface area contributed by atoms with Crippen LogP contribution in [0.1, 0.15) is 12.0 Å². The second-order valence-corrected chi connectivity index (χ2v) is 5.34. The van der Waals surface area contributed by atoms with Gasteiger partial charge in [0.1, 0.15) is 0 Å². The van der Waals surface area contributed by atoms with E-state index >= 15 is 0 Å². The first-order chi connectivity index (χ1) is 10.2. The van der Waals surface area contributed by atoms with Crippen molar-refractivity contribution >= 4 is 33.2 Å². The fraction of sp³-hybridized carbons (Fsp3) is 0.125. The van der Waals surface area contributed by atoms with Gasteiger partial charge in [0, 0.05) is 28.8 Å². The molecular weight excluding hydrogens is 330 g/mol. The van der Waals surface area contributed by atoms with E-state index in [1.807, 2.05) is 30.3 Å². The summed E-state index contributed by atoms with van der Waals surface area (Å²) in [5.74, 6) is -0.0882. The minimum Gasteiger partial charge on any atom is -0.385 e. The van der Waals surface area contributed by atoms with Gasteiger partial charge in [0.05, 0.1) is 11.6 Å². The summed E-state index contributed by atoms with van der Waals surface area (Å²) in [6.07, 6.45) is 0.354. The Morgan fingerprint density at radius 1 is 1.14 bits per heavy atom. The Morgan fingerprint density at radius 2 is 1.90 bits per heavy atom. The van der Waals surface area contributed by atoms with Crippen LogP contribution >= 0.6 is 15.9 Å². The molecule has 0 saturated carbocycles. The normalized spacial score (nSPS) is 9.71. The zero-order valence-electron chi connectivity index (χ0n) is 11.3. The molecule has 0 aliphatic heterocycles. The number of nitriles is 1. The molecule has 0 spiro atoms. The average molecular weight is 344 g/mol. The van der Waals surface area contributed by atoms with E-state index in [4.69, 9.17) is 5.26 Å². The summed E-state index contributed by atoms with van der Waals surface area (Å²) >= 11 is 3.37. The number of carbonyl (C=O) groups excluding carboxylic acids is 1. The third-order valence-electron chi connectivity index (χ3n) is 2.80. The van der Waals surface area contributed by atoms with E-state index in [2.05, 4.69) is 26.6 Å². The maximum Gasteiger partial charge on any atom is 0.226 e. The number of anilines is 2. The van der Waals surface area contributed by atoms with Crippen molar-refractivity contribution in [2.45, 2.75) is 6.42 Å². The maximum absolute atomic E-state index is 11.8. The molecule has 2 N–H and O–H groups in total. The van der Waals surface area contributed by atoms with E-state index in [1.54, 1.807) is 24.3 Å². The molecule has 0 aliphatic carbocycles. The predicted molar refractivity (Wildman–Crippen MR) is 87.0 cm³/mol. The number of amides is 1. The quantitative estimate of drug-likeness (QED) is 0.868. The maximum atomic E-state index is 11.8. The van der Waals surface area contributed by atoms with E-state index in [-0.39, 0.29) is 5.91 Å². The largest absolute Gasteiger partial charge is 0.385 e. The number of benzene rings is 2. The van der Waals surface area contributed by atoms with Crippen molar-refractivity contribution < 1.29 is 4.79 Å². The SMILES string of the molecule is N#Cc1cccc(NC(=O)CCNc2ccc(Br)cc2)c1. The summed E-state index contributed by atoms with van der Waals surface area (Å²) in [5.41, 5.74) is 2.14. The van der Waals surface area contributed by atoms with Crippen molar-refractivity contribution in [3.05, 3.63) is 58.6 Å². The van der Waals surface area contributed by atoms with Crippen LogP contribution < -0.4 is 10.6 Å². The van der Waals surface area contributed by atoms with Gasteiger partial charge in [-0.15, -0.1) is 0 Å². The lowest BCUT2D eigenvalue weighted by Gasteiger charge is -2.08. The van der Waals surface area contributed by atoms with E-state index in [0.29, 0.717) is 24.2 Å². The fourth-order valence-corrected chi connectivity index (χ4v) is 2.04. The van der Waals surface area contributed by atoms with Gasteiger partial charge < -0.3 is 10.6 Å². The first-order valence-electron chi connectivity index (χ1n) is 6.47. The van der Waals surface area contributed by atoms with Crippen molar-refractivity contribution in [2.75, 3.05) is 17.2 Å². The van der Waals surface area contributed by atoms with Gasteiger partial charge in [-0.05, 0) is 42.5 Å². The standard InChI is InChI=1S/C16H14BrN3O/c17-13-4-6-14(7-5-13)19-9-8-16(21)20-15-3-1-2-12(10-15)11-18/h1-7,10,19H,8-9H2,(H,20,21). The van der Waals surface area contributed by atoms with Crippen LogP contribution in [-0.4, -0.2) is 12.5 Å². The van der Waals surface area contributed by atoms with Gasteiger partial charge in [-0.1, -0.05) is 22.0 Å². The molecule has 2 rings (SSSR count). The van der Waals surface area contributed by atoms with Crippen LogP contribution in [0.15, 0.2) is 53.0 Å². The summed E-state index contributed by atoms with van der Waals surface area (Å²) in [7, 11) is 0. The lowest BCUT2D eigenvalue weighted by molar-refractivity contribution is -0.115. The Kier molecular flexibility index (Phi) is 5.35. The molecule has 0 radical (unpaired) electrons. The molecule has 0 aromatic heterocycles. The molecule has 0 heterocycles. The van der Waals surface area contributed by atoms with Crippen LogP contribution in [0.25, 0.3) is 0 Å². The summed E-state index contributed by atoms with van der Waals surface area (Å²) in [4.78, 5) is 11.8. The Balaban J connectivity index is 1.79. The summed E-state index contributed by atoms with van der Waals surface area (Å²) in [5, 5.41) is 14.8. The van der Waals surface area contributed by atoms with E-state index < -0.39 is 0 Å². The molecule has 0 bridgehead atoms. The van der Waals surface area contributed by atoms with E-state index in [9.17, 15) is 4.79 Å². The first-order valence-corrected chi connectivity index (χ1v) is 7.26. The Bertz CT molecular complexity index is 662. The third-order valence-corrected chi connectivity index (χ3v) is 3.33. The Labute approximate surface area is 131 Å². The highest BCUT2D eigenvalue weighted by atomic mass is 79.9. The molecule has 2 aromatic carbocycles. The van der Waals surface area contributed by atoms with Crippen LogP contribution in [0.3, 0.4) is 0 Å². The van der Waals surface area contributed by atoms with Gasteiger partial charge in [0.25, 0.3) is 0 Å². The molecular formula is C16H14BrN3O. The molecule has 0 unspecified atom stereocenters. The fourth-order valence-electron chi connectivity index (χ4n) is 1.78. The monoisotopic (exact) mass is 343 g/mol. The van der Waals surface area contributed by atoms with Crippen molar-refractivity contribution in [1.82, 2.24) is 0 Å². The highest BCUT2D eigenvalue weighted by molar-refractivity contribution is 9.10. The van der Waals surface area contributed by atoms with Crippen LogP contribution in [0.4, 0.5) is 11.4 Å². The van der Waals surface area contributed by atoms with Crippen molar-refractivity contribution in [1.29, 1.82) is 5.26 Å². The molecule has 0 saturated heterocycles. The van der Waals surface area contributed by atoms with Crippen LogP contribution in [0.2, 0.25) is 0 Å². The number of nitrogens with zero attached hydrogens (tertiary/aromatic N) is 1. The number of nitrogens with one attached hydrogen (secondary N) is 2. The minimum absolute atomic E-state index is 0.0882. The molecule has 2 aromatic rings. The molecule has 5 heteroatoms. The summed E-state index contributed by atoms with van der Waals surface area (Å²) in [6.45, 7) is 0.547.